The van der Waals surface area contributed by atoms with Crippen LogP contribution < -0.4 is 16.3 Å². The van der Waals surface area contributed by atoms with Crippen molar-refractivity contribution in [3.8, 4) is 0 Å². The maximum atomic E-state index is 12.6. The number of H-pyrrole nitrogens is 1. The van der Waals surface area contributed by atoms with Crippen LogP contribution >= 0.6 is 19.1 Å². The molecule has 0 aromatic carbocycles. The first-order valence-corrected chi connectivity index (χ1v) is 10.6. The van der Waals surface area contributed by atoms with Gasteiger partial charge >= 0.3 is 5.69 Å². The van der Waals surface area contributed by atoms with E-state index in [2.05, 4.69) is 20.1 Å². The fourth-order valence-electron chi connectivity index (χ4n) is 2.72. The van der Waals surface area contributed by atoms with Crippen molar-refractivity contribution in [3.63, 3.8) is 0 Å². The van der Waals surface area contributed by atoms with Gasteiger partial charge in [0.15, 0.2) is 0 Å². The molecule has 0 spiro atoms. The molecule has 0 amide bonds. The normalized spacial score (nSPS) is 24.6. The van der Waals surface area contributed by atoms with Gasteiger partial charge in [-0.15, -0.1) is 11.6 Å². The molecular weight excluding hydrogens is 399 g/mol. The van der Waals surface area contributed by atoms with E-state index >= 15 is 0 Å². The number of nitrogens with zero attached hydrogens (tertiary/aromatic N) is 4. The Hall–Kier alpha value is -1.61. The van der Waals surface area contributed by atoms with E-state index in [1.54, 1.807) is 20.8 Å². The maximum absolute atomic E-state index is 12.6. The Morgan fingerprint density at radius 3 is 2.89 bits per heavy atom. The summed E-state index contributed by atoms with van der Waals surface area (Å²) in [4.78, 5) is 28.6. The second kappa shape index (κ2) is 9.05. The first kappa shape index (κ1) is 21.7. The van der Waals surface area contributed by atoms with E-state index in [-0.39, 0.29) is 24.7 Å². The van der Waals surface area contributed by atoms with Crippen molar-refractivity contribution in [1.82, 2.24) is 14.6 Å². The average Bonchev–Trinajstić information content (AvgIpc) is 2.99. The SMILES string of the molecule is Cc1cn([C@H]2CC(N=[N+]=[N-])[C@@H](COP(=O)(CCl)NC(C)C)O2)c(=O)[nH]c1=O. The molecule has 2 unspecified atom stereocenters. The summed E-state index contributed by atoms with van der Waals surface area (Å²) in [5, 5.41) is 6.47. The minimum absolute atomic E-state index is 0.109. The Morgan fingerprint density at radius 1 is 1.59 bits per heavy atom. The highest BCUT2D eigenvalue weighted by atomic mass is 35.5. The summed E-state index contributed by atoms with van der Waals surface area (Å²) in [5.74, 6) is 0. The van der Waals surface area contributed by atoms with Gasteiger partial charge in [-0.25, -0.2) is 9.88 Å². The van der Waals surface area contributed by atoms with Gasteiger partial charge in [0.1, 0.15) is 11.8 Å². The first-order chi connectivity index (χ1) is 12.7. The molecule has 0 aliphatic carbocycles. The van der Waals surface area contributed by atoms with Gasteiger partial charge in [-0.2, -0.15) is 0 Å². The van der Waals surface area contributed by atoms with Crippen LogP contribution in [0.25, 0.3) is 10.4 Å². The molecule has 1 saturated heterocycles. The fraction of sp³-hybridized carbons (Fsp3) is 0.714. The Labute approximate surface area is 160 Å². The summed E-state index contributed by atoms with van der Waals surface area (Å²) < 4.78 is 25.1. The summed E-state index contributed by atoms with van der Waals surface area (Å²) in [6.07, 6.45) is 0.0967. The number of halogens is 1. The fourth-order valence-corrected chi connectivity index (χ4v) is 4.52. The Balaban J connectivity index is 2.19. The first-order valence-electron chi connectivity index (χ1n) is 8.28. The highest BCUT2D eigenvalue weighted by molar-refractivity contribution is 7.58. The number of rotatable bonds is 8. The van der Waals surface area contributed by atoms with E-state index < -0.39 is 37.1 Å². The van der Waals surface area contributed by atoms with Gasteiger partial charge in [-0.1, -0.05) is 5.11 Å². The predicted octanol–water partition coefficient (Wildman–Crippen LogP) is 2.22. The Morgan fingerprint density at radius 2 is 2.30 bits per heavy atom. The molecule has 27 heavy (non-hydrogen) atoms. The van der Waals surface area contributed by atoms with Crippen molar-refractivity contribution >= 4 is 19.1 Å². The number of aryl methyl sites for hydroxylation is 1. The number of hydrogen-bond donors (Lipinski definition) is 2. The Bertz CT molecular complexity index is 879. The molecule has 0 saturated carbocycles. The molecule has 1 aliphatic rings. The second-order valence-electron chi connectivity index (χ2n) is 6.49. The minimum atomic E-state index is -3.29. The van der Waals surface area contributed by atoms with Gasteiger partial charge < -0.3 is 9.26 Å². The molecule has 13 heteroatoms. The molecule has 1 aromatic rings. The van der Waals surface area contributed by atoms with Crippen LogP contribution in [0.1, 0.15) is 32.1 Å². The van der Waals surface area contributed by atoms with E-state index in [9.17, 15) is 14.2 Å². The lowest BCUT2D eigenvalue weighted by Gasteiger charge is -2.23. The number of azide groups is 1. The lowest BCUT2D eigenvalue weighted by molar-refractivity contribution is -0.0223. The van der Waals surface area contributed by atoms with Gasteiger partial charge in [-0.3, -0.25) is 18.9 Å². The van der Waals surface area contributed by atoms with Gasteiger partial charge in [0, 0.05) is 29.1 Å². The van der Waals surface area contributed by atoms with Crippen molar-refractivity contribution in [2.24, 2.45) is 5.11 Å². The van der Waals surface area contributed by atoms with Crippen LogP contribution in [0.3, 0.4) is 0 Å². The van der Waals surface area contributed by atoms with Crippen LogP contribution in [0.15, 0.2) is 20.9 Å². The number of aromatic nitrogens is 2. The molecule has 2 heterocycles. The van der Waals surface area contributed by atoms with Crippen molar-refractivity contribution in [2.45, 2.75) is 51.6 Å². The van der Waals surface area contributed by atoms with Gasteiger partial charge in [-0.05, 0) is 26.3 Å². The molecule has 4 atom stereocenters. The molecule has 1 aliphatic heterocycles. The van der Waals surface area contributed by atoms with E-state index in [0.717, 1.165) is 0 Å². The molecule has 2 N–H and O–H groups in total. The number of hydrogen-bond acceptors (Lipinski definition) is 6. The highest BCUT2D eigenvalue weighted by Crippen LogP contribution is 2.45. The number of alkyl halides is 1. The zero-order chi connectivity index (χ0) is 20.2. The van der Waals surface area contributed by atoms with E-state index in [1.807, 2.05) is 0 Å². The lowest BCUT2D eigenvalue weighted by Crippen LogP contribution is -2.33. The predicted molar refractivity (Wildman–Crippen MR) is 100 cm³/mol. The third kappa shape index (κ3) is 5.44. The molecule has 150 valence electrons. The molecule has 0 radical (unpaired) electrons. The van der Waals surface area contributed by atoms with Crippen LogP contribution in [0.4, 0.5) is 0 Å². The van der Waals surface area contributed by atoms with Crippen molar-refractivity contribution in [1.29, 1.82) is 0 Å². The molecule has 1 fully saturated rings. The average molecular weight is 421 g/mol. The number of ether oxygens (including phenoxy) is 1. The lowest BCUT2D eigenvalue weighted by atomic mass is 10.1. The van der Waals surface area contributed by atoms with E-state index in [4.69, 9.17) is 26.4 Å². The maximum Gasteiger partial charge on any atom is 0.330 e. The molecule has 2 rings (SSSR count). The van der Waals surface area contributed by atoms with Crippen LogP contribution in [0.2, 0.25) is 0 Å². The summed E-state index contributed by atoms with van der Waals surface area (Å²) in [7, 11) is -3.29. The summed E-state index contributed by atoms with van der Waals surface area (Å²) >= 11 is 5.76. The quantitative estimate of drug-likeness (QED) is 0.216. The van der Waals surface area contributed by atoms with Crippen LogP contribution in [0.5, 0.6) is 0 Å². The van der Waals surface area contributed by atoms with Crippen LogP contribution in [-0.2, 0) is 13.8 Å². The molecular formula is C14H22ClN6O5P. The Kier molecular flexibility index (Phi) is 7.27. The summed E-state index contributed by atoms with van der Waals surface area (Å²) in [6, 6.07) is -0.746. The van der Waals surface area contributed by atoms with Crippen molar-refractivity contribution < 1.29 is 13.8 Å². The standard InChI is InChI=1S/C14H22ClN6O5P/c1-8(2)19-27(24,7-15)25-6-11-10(18-20-16)4-12(26-11)21-5-9(3)13(22)17-14(21)23/h5,8,10-12H,4,6-7H2,1-3H3,(H,19,24)(H,17,22,23)/t10?,11-,12-,27?/m1/s1. The second-order valence-corrected chi connectivity index (χ2v) is 9.31. The van der Waals surface area contributed by atoms with Crippen molar-refractivity contribution in [2.75, 3.05) is 12.2 Å². The van der Waals surface area contributed by atoms with E-state index in [1.165, 1.54) is 10.8 Å². The van der Waals surface area contributed by atoms with Gasteiger partial charge in [0.2, 0.25) is 0 Å². The van der Waals surface area contributed by atoms with Crippen molar-refractivity contribution in [3.05, 3.63) is 43.0 Å². The zero-order valence-corrected chi connectivity index (χ0v) is 16.8. The molecule has 11 nitrogen and oxygen atoms in total. The topological polar surface area (TPSA) is 151 Å². The third-order valence-electron chi connectivity index (χ3n) is 3.92. The molecule has 0 bridgehead atoms. The number of aromatic amines is 1. The summed E-state index contributed by atoms with van der Waals surface area (Å²) in [5.41, 5.74) is 7.78. The molecule has 1 aromatic heterocycles. The smallest absolute Gasteiger partial charge is 0.330 e. The highest BCUT2D eigenvalue weighted by Gasteiger charge is 2.38. The van der Waals surface area contributed by atoms with E-state index in [0.29, 0.717) is 5.56 Å². The minimum Gasteiger partial charge on any atom is -0.352 e. The number of nitrogens with one attached hydrogen (secondary N) is 2. The summed E-state index contributed by atoms with van der Waals surface area (Å²) in [6.45, 7) is 5.03. The monoisotopic (exact) mass is 420 g/mol. The zero-order valence-electron chi connectivity index (χ0n) is 15.2. The largest absolute Gasteiger partial charge is 0.352 e. The van der Waals surface area contributed by atoms with Crippen LogP contribution in [0, 0.1) is 6.92 Å². The van der Waals surface area contributed by atoms with Crippen LogP contribution in [-0.4, -0.2) is 40.0 Å². The van der Waals surface area contributed by atoms with Gasteiger partial charge in [0.05, 0.1) is 18.8 Å². The third-order valence-corrected chi connectivity index (χ3v) is 6.65. The van der Waals surface area contributed by atoms with Gasteiger partial charge in [0.25, 0.3) is 13.1 Å².